The molecule has 0 aliphatic rings. The van der Waals surface area contributed by atoms with E-state index in [0.29, 0.717) is 17.9 Å². The molecule has 0 saturated heterocycles. The van der Waals surface area contributed by atoms with Crippen LogP contribution < -0.4 is 5.32 Å². The molecule has 1 amide bonds. The summed E-state index contributed by atoms with van der Waals surface area (Å²) in [6.07, 6.45) is 0.802. The van der Waals surface area contributed by atoms with Gasteiger partial charge in [-0.1, -0.05) is 26.0 Å². The summed E-state index contributed by atoms with van der Waals surface area (Å²) in [6.45, 7) is 4.39. The Bertz CT molecular complexity index is 592. The zero-order valence-electron chi connectivity index (χ0n) is 12.3. The largest absolute Gasteiger partial charge is 0.396 e. The lowest BCUT2D eigenvalue weighted by Crippen LogP contribution is -2.29. The van der Waals surface area contributed by atoms with E-state index in [1.54, 1.807) is 12.1 Å². The fourth-order valence-electron chi connectivity index (χ4n) is 1.79. The molecule has 1 aromatic heterocycles. The summed E-state index contributed by atoms with van der Waals surface area (Å²) < 4.78 is 0. The number of aromatic nitrogens is 3. The Morgan fingerprint density at radius 3 is 2.67 bits per heavy atom. The molecule has 6 heteroatoms. The predicted molar refractivity (Wildman–Crippen MR) is 79.8 cm³/mol. The first kappa shape index (κ1) is 15.2. The molecule has 0 bridgehead atoms. The molecular formula is C15H20N4O2. The summed E-state index contributed by atoms with van der Waals surface area (Å²) >= 11 is 0. The van der Waals surface area contributed by atoms with Crippen LogP contribution in [0.3, 0.4) is 0 Å². The Balaban J connectivity index is 2.03. The van der Waals surface area contributed by atoms with Gasteiger partial charge in [0.05, 0.1) is 0 Å². The topological polar surface area (TPSA) is 90.9 Å². The van der Waals surface area contributed by atoms with Crippen molar-refractivity contribution in [1.29, 1.82) is 0 Å². The van der Waals surface area contributed by atoms with Crippen molar-refractivity contribution in [2.24, 2.45) is 5.92 Å². The third-order valence-corrected chi connectivity index (χ3v) is 3.19. The van der Waals surface area contributed by atoms with Gasteiger partial charge in [-0.3, -0.25) is 9.89 Å². The lowest BCUT2D eigenvalue weighted by molar-refractivity contribution is 0.0942. The minimum absolute atomic E-state index is 0.0499. The van der Waals surface area contributed by atoms with Crippen molar-refractivity contribution in [3.63, 3.8) is 0 Å². The van der Waals surface area contributed by atoms with E-state index in [0.717, 1.165) is 17.8 Å². The highest BCUT2D eigenvalue weighted by molar-refractivity contribution is 5.94. The van der Waals surface area contributed by atoms with E-state index in [1.165, 1.54) is 0 Å². The van der Waals surface area contributed by atoms with Gasteiger partial charge in [0.1, 0.15) is 5.82 Å². The zero-order valence-corrected chi connectivity index (χ0v) is 12.3. The first-order chi connectivity index (χ1) is 10.1. The van der Waals surface area contributed by atoms with Gasteiger partial charge in [-0.05, 0) is 18.1 Å². The summed E-state index contributed by atoms with van der Waals surface area (Å²) in [5, 5.41) is 18.7. The Labute approximate surface area is 123 Å². The molecule has 0 aliphatic heterocycles. The predicted octanol–water partition coefficient (Wildman–Crippen LogP) is 1.39. The monoisotopic (exact) mass is 288 g/mol. The first-order valence-electron chi connectivity index (χ1n) is 7.04. The van der Waals surface area contributed by atoms with Crippen LogP contribution in [0.4, 0.5) is 0 Å². The third-order valence-electron chi connectivity index (χ3n) is 3.19. The number of hydrogen-bond donors (Lipinski definition) is 3. The molecule has 112 valence electrons. The number of hydrogen-bond acceptors (Lipinski definition) is 4. The molecule has 21 heavy (non-hydrogen) atoms. The standard InChI is InChI=1S/C15H20N4O2/c1-3-13-17-14(19-18-13)11-4-6-12(7-5-11)15(21)16-8-10(2)9-20/h4-7,10,20H,3,8-9H2,1-2H3,(H,16,21)(H,17,18,19). The number of benzene rings is 1. The number of nitrogens with zero attached hydrogens (tertiary/aromatic N) is 2. The van der Waals surface area contributed by atoms with Gasteiger partial charge in [-0.25, -0.2) is 4.98 Å². The van der Waals surface area contributed by atoms with Crippen molar-refractivity contribution in [2.45, 2.75) is 20.3 Å². The van der Waals surface area contributed by atoms with Crippen molar-refractivity contribution in [3.05, 3.63) is 35.7 Å². The zero-order chi connectivity index (χ0) is 15.2. The number of amides is 1. The Morgan fingerprint density at radius 2 is 2.10 bits per heavy atom. The summed E-state index contributed by atoms with van der Waals surface area (Å²) in [4.78, 5) is 16.3. The molecule has 1 atom stereocenters. The van der Waals surface area contributed by atoms with Crippen LogP contribution in [0, 0.1) is 5.92 Å². The normalized spacial score (nSPS) is 12.1. The maximum Gasteiger partial charge on any atom is 0.251 e. The second kappa shape index (κ2) is 6.99. The van der Waals surface area contributed by atoms with Gasteiger partial charge in [0, 0.05) is 30.7 Å². The maximum absolute atomic E-state index is 11.9. The molecule has 1 aromatic carbocycles. The van der Waals surface area contributed by atoms with Crippen LogP contribution in [0.1, 0.15) is 30.0 Å². The van der Waals surface area contributed by atoms with Crippen LogP contribution in [0.5, 0.6) is 0 Å². The van der Waals surface area contributed by atoms with Crippen molar-refractivity contribution in [1.82, 2.24) is 20.5 Å². The maximum atomic E-state index is 11.9. The van der Waals surface area contributed by atoms with Gasteiger partial charge in [0.25, 0.3) is 5.91 Å². The minimum atomic E-state index is -0.147. The van der Waals surface area contributed by atoms with Crippen LogP contribution in [-0.4, -0.2) is 39.3 Å². The first-order valence-corrected chi connectivity index (χ1v) is 7.04. The van der Waals surface area contributed by atoms with Crippen molar-refractivity contribution >= 4 is 5.91 Å². The number of aryl methyl sites for hydroxylation is 1. The number of nitrogens with one attached hydrogen (secondary N) is 2. The van der Waals surface area contributed by atoms with E-state index < -0.39 is 0 Å². The molecule has 1 heterocycles. The van der Waals surface area contributed by atoms with E-state index in [-0.39, 0.29) is 18.4 Å². The van der Waals surface area contributed by atoms with Gasteiger partial charge in [-0.2, -0.15) is 5.10 Å². The van der Waals surface area contributed by atoms with E-state index in [4.69, 9.17) is 5.11 Å². The molecule has 0 fully saturated rings. The highest BCUT2D eigenvalue weighted by Crippen LogP contribution is 2.15. The van der Waals surface area contributed by atoms with Crippen molar-refractivity contribution in [2.75, 3.05) is 13.2 Å². The number of rotatable bonds is 6. The lowest BCUT2D eigenvalue weighted by atomic mass is 10.1. The molecule has 0 saturated carbocycles. The second-order valence-corrected chi connectivity index (χ2v) is 5.03. The molecule has 2 rings (SSSR count). The van der Waals surface area contributed by atoms with Gasteiger partial charge >= 0.3 is 0 Å². The number of H-pyrrole nitrogens is 1. The number of aliphatic hydroxyl groups is 1. The van der Waals surface area contributed by atoms with Crippen LogP contribution in [0.15, 0.2) is 24.3 Å². The molecule has 2 aromatic rings. The van der Waals surface area contributed by atoms with E-state index in [2.05, 4.69) is 20.5 Å². The average Bonchev–Trinajstić information content (AvgIpc) is 3.01. The Hall–Kier alpha value is -2.21. The summed E-state index contributed by atoms with van der Waals surface area (Å²) in [5.74, 6) is 1.37. The van der Waals surface area contributed by atoms with Gasteiger partial charge in [-0.15, -0.1) is 0 Å². The molecule has 0 radical (unpaired) electrons. The molecule has 0 spiro atoms. The number of carbonyl (C=O) groups is 1. The van der Waals surface area contributed by atoms with Crippen molar-refractivity contribution in [3.8, 4) is 11.4 Å². The summed E-state index contributed by atoms with van der Waals surface area (Å²) in [5.41, 5.74) is 1.45. The number of aromatic amines is 1. The van der Waals surface area contributed by atoms with Gasteiger partial charge in [0.15, 0.2) is 5.82 Å². The Morgan fingerprint density at radius 1 is 1.38 bits per heavy atom. The highest BCUT2D eigenvalue weighted by Gasteiger charge is 2.09. The fourth-order valence-corrected chi connectivity index (χ4v) is 1.79. The van der Waals surface area contributed by atoms with E-state index in [1.807, 2.05) is 26.0 Å². The number of aliphatic hydroxyl groups excluding tert-OH is 1. The lowest BCUT2D eigenvalue weighted by Gasteiger charge is -2.09. The summed E-state index contributed by atoms with van der Waals surface area (Å²) in [7, 11) is 0. The van der Waals surface area contributed by atoms with E-state index in [9.17, 15) is 4.79 Å². The molecule has 1 unspecified atom stereocenters. The fraction of sp³-hybridized carbons (Fsp3) is 0.400. The minimum Gasteiger partial charge on any atom is -0.396 e. The van der Waals surface area contributed by atoms with Crippen LogP contribution in [0.25, 0.3) is 11.4 Å². The molecular weight excluding hydrogens is 268 g/mol. The van der Waals surface area contributed by atoms with Crippen LogP contribution in [-0.2, 0) is 6.42 Å². The molecule has 3 N–H and O–H groups in total. The smallest absolute Gasteiger partial charge is 0.251 e. The highest BCUT2D eigenvalue weighted by atomic mass is 16.3. The average molecular weight is 288 g/mol. The van der Waals surface area contributed by atoms with Crippen molar-refractivity contribution < 1.29 is 9.90 Å². The van der Waals surface area contributed by atoms with Gasteiger partial charge in [0.2, 0.25) is 0 Å². The van der Waals surface area contributed by atoms with E-state index >= 15 is 0 Å². The quantitative estimate of drug-likeness (QED) is 0.749. The van der Waals surface area contributed by atoms with Gasteiger partial charge < -0.3 is 10.4 Å². The second-order valence-electron chi connectivity index (χ2n) is 5.03. The van der Waals surface area contributed by atoms with Crippen LogP contribution in [0.2, 0.25) is 0 Å². The molecule has 6 nitrogen and oxygen atoms in total. The van der Waals surface area contributed by atoms with Crippen LogP contribution >= 0.6 is 0 Å². The number of carbonyl (C=O) groups excluding carboxylic acids is 1. The SMILES string of the molecule is CCc1nc(-c2ccc(C(=O)NCC(C)CO)cc2)n[nH]1. The Kier molecular flexibility index (Phi) is 5.05. The molecule has 0 aliphatic carbocycles. The summed E-state index contributed by atoms with van der Waals surface area (Å²) in [6, 6.07) is 7.15. The third kappa shape index (κ3) is 3.88.